The van der Waals surface area contributed by atoms with Crippen molar-refractivity contribution in [2.24, 2.45) is 0 Å². The second-order valence-corrected chi connectivity index (χ2v) is 24.7. The van der Waals surface area contributed by atoms with Gasteiger partial charge in [0.15, 0.2) is 0 Å². The van der Waals surface area contributed by atoms with E-state index in [0.29, 0.717) is 0 Å². The van der Waals surface area contributed by atoms with Gasteiger partial charge in [-0.25, -0.2) is 0 Å². The molecule has 4 aromatic heterocycles. The van der Waals surface area contributed by atoms with Gasteiger partial charge in [0, 0.05) is 68.1 Å². The maximum atomic E-state index is 7.30. The van der Waals surface area contributed by atoms with Crippen LogP contribution >= 0.6 is 22.7 Å². The van der Waals surface area contributed by atoms with Crippen molar-refractivity contribution < 1.29 is 4.42 Å². The molecule has 0 N–H and O–H groups in total. The highest BCUT2D eigenvalue weighted by Crippen LogP contribution is 2.54. The standard InChI is InChI=1S/C62H51BN2OS2/c1-60(2,3)36-20-24-39(25-21-36)65-47-33-51-43(40-27-22-38(62(7,8)9)31-50(40)67-51)32-45(47)52-53-41-17-13-14-18-48(41)66-58(53)54-44-30-37(61(4,5)6)23-28-46(44)64-56-42-26-19-35(34-15-11-10-12-16-34)29-49(42)68-59(56)63(65)55(52)57(54)64/h10-33H,1-9H3. The smallest absolute Gasteiger partial charge is 0.343 e. The largest absolute Gasteiger partial charge is 0.455 e. The fraction of sp³-hybridized carbons (Fsp3) is 0.194. The van der Waals surface area contributed by atoms with E-state index in [9.17, 15) is 0 Å². The van der Waals surface area contributed by atoms with Gasteiger partial charge in [0.1, 0.15) is 11.2 Å². The minimum atomic E-state index is -0.121. The zero-order valence-corrected chi connectivity index (χ0v) is 41.7. The Labute approximate surface area is 405 Å². The summed E-state index contributed by atoms with van der Waals surface area (Å²) in [5.41, 5.74) is 18.5. The van der Waals surface area contributed by atoms with Crippen LogP contribution in [-0.4, -0.2) is 11.4 Å². The molecule has 0 aliphatic carbocycles. The zero-order valence-electron chi connectivity index (χ0n) is 40.1. The molecule has 0 unspecified atom stereocenters. The SMILES string of the molecule is CC(C)(C)c1ccc(N2B3c4sc5cc(-c6ccccc6)ccc5c4-n4c5ccc(C(C)(C)C)cc5c5c6oc7ccccc7c6c(c3c54)-c3cc4c(cc32)sc2cc(C(C)(C)C)ccc24)cc1. The predicted octanol–water partition coefficient (Wildman–Crippen LogP) is 17.1. The van der Waals surface area contributed by atoms with Gasteiger partial charge in [0.2, 0.25) is 0 Å². The van der Waals surface area contributed by atoms with E-state index in [-0.39, 0.29) is 23.1 Å². The Balaban J connectivity index is 1.20. The number of furan rings is 1. The van der Waals surface area contributed by atoms with Crippen LogP contribution in [0, 0.1) is 0 Å². The van der Waals surface area contributed by atoms with Gasteiger partial charge >= 0.3 is 6.85 Å². The van der Waals surface area contributed by atoms with Gasteiger partial charge in [-0.2, -0.15) is 0 Å². The van der Waals surface area contributed by atoms with Crippen molar-refractivity contribution >= 4 is 125 Å². The number of aromatic nitrogens is 1. The summed E-state index contributed by atoms with van der Waals surface area (Å²) in [6, 6.07) is 55.8. The normalized spacial score (nSPS) is 13.9. The highest BCUT2D eigenvalue weighted by molar-refractivity contribution is 7.32. The molecule has 0 saturated carbocycles. The van der Waals surface area contributed by atoms with Gasteiger partial charge in [-0.15, -0.1) is 22.7 Å². The highest BCUT2D eigenvalue weighted by atomic mass is 32.1. The van der Waals surface area contributed by atoms with Crippen LogP contribution in [0.4, 0.5) is 11.4 Å². The van der Waals surface area contributed by atoms with E-state index in [1.807, 2.05) is 22.7 Å². The lowest BCUT2D eigenvalue weighted by atomic mass is 9.47. The summed E-state index contributed by atoms with van der Waals surface area (Å²) in [5, 5.41) is 8.72. The summed E-state index contributed by atoms with van der Waals surface area (Å²) in [6.07, 6.45) is 0. The molecule has 14 rings (SSSR count). The number of anilines is 2. The maximum Gasteiger partial charge on any atom is 0.343 e. The van der Waals surface area contributed by atoms with Crippen molar-refractivity contribution in [3.63, 3.8) is 0 Å². The Bertz CT molecular complexity index is 4140. The van der Waals surface area contributed by atoms with Gasteiger partial charge in [-0.05, 0) is 110 Å². The Hall–Kier alpha value is -6.60. The van der Waals surface area contributed by atoms with Gasteiger partial charge < -0.3 is 13.8 Å². The molecular weight excluding hydrogens is 864 g/mol. The van der Waals surface area contributed by atoms with Crippen molar-refractivity contribution in [2.45, 2.75) is 78.6 Å². The number of benzene rings is 8. The van der Waals surface area contributed by atoms with Crippen LogP contribution in [0.15, 0.2) is 150 Å². The fourth-order valence-electron chi connectivity index (χ4n) is 11.7. The van der Waals surface area contributed by atoms with E-state index in [1.54, 1.807) is 0 Å². The fourth-order valence-corrected chi connectivity index (χ4v) is 14.2. The van der Waals surface area contributed by atoms with Crippen LogP contribution in [0.25, 0.3) is 102 Å². The first-order chi connectivity index (χ1) is 32.6. The molecule has 68 heavy (non-hydrogen) atoms. The number of fused-ring (bicyclic) bond motifs is 18. The molecule has 0 bridgehead atoms. The summed E-state index contributed by atoms with van der Waals surface area (Å²) in [4.78, 5) is 2.72. The van der Waals surface area contributed by atoms with Gasteiger partial charge in [0.05, 0.1) is 22.1 Å². The van der Waals surface area contributed by atoms with Crippen LogP contribution in [0.2, 0.25) is 0 Å². The second kappa shape index (κ2) is 13.6. The predicted molar refractivity (Wildman–Crippen MR) is 297 cm³/mol. The molecule has 0 saturated heterocycles. The summed E-state index contributed by atoms with van der Waals surface area (Å²) in [5.74, 6) is 0. The monoisotopic (exact) mass is 914 g/mol. The molecule has 12 aromatic rings. The average Bonchev–Trinajstić information content (AvgIpc) is 4.08. The van der Waals surface area contributed by atoms with Crippen molar-refractivity contribution in [1.82, 2.24) is 4.57 Å². The van der Waals surface area contributed by atoms with Gasteiger partial charge in [-0.3, -0.25) is 0 Å². The summed E-state index contributed by atoms with van der Waals surface area (Å²) in [7, 11) is 0. The molecule has 0 atom stereocenters. The molecule has 0 amide bonds. The molecule has 0 spiro atoms. The van der Waals surface area contributed by atoms with E-state index >= 15 is 0 Å². The third kappa shape index (κ3) is 5.53. The number of hydrogen-bond donors (Lipinski definition) is 0. The van der Waals surface area contributed by atoms with Gasteiger partial charge in [0.25, 0.3) is 0 Å². The maximum absolute atomic E-state index is 7.30. The topological polar surface area (TPSA) is 21.3 Å². The van der Waals surface area contributed by atoms with E-state index in [0.717, 1.165) is 16.6 Å². The van der Waals surface area contributed by atoms with Crippen LogP contribution in [0.5, 0.6) is 0 Å². The molecule has 3 nitrogen and oxygen atoms in total. The Morgan fingerprint density at radius 2 is 1.16 bits per heavy atom. The lowest BCUT2D eigenvalue weighted by Crippen LogP contribution is -2.59. The first-order valence-corrected chi connectivity index (χ1v) is 25.7. The number of hydrogen-bond acceptors (Lipinski definition) is 4. The minimum Gasteiger partial charge on any atom is -0.455 e. The van der Waals surface area contributed by atoms with E-state index in [1.165, 1.54) is 124 Å². The quantitative estimate of drug-likeness (QED) is 0.161. The molecule has 0 fully saturated rings. The van der Waals surface area contributed by atoms with Crippen LogP contribution in [-0.2, 0) is 16.2 Å². The number of nitrogens with zero attached hydrogens (tertiary/aromatic N) is 2. The second-order valence-electron chi connectivity index (χ2n) is 22.5. The molecule has 0 radical (unpaired) electrons. The molecule has 2 aliphatic heterocycles. The zero-order chi connectivity index (χ0) is 46.3. The van der Waals surface area contributed by atoms with Crippen LogP contribution in [0.3, 0.4) is 0 Å². The van der Waals surface area contributed by atoms with Crippen molar-refractivity contribution in [1.29, 1.82) is 0 Å². The van der Waals surface area contributed by atoms with E-state index in [2.05, 4.69) is 217 Å². The first kappa shape index (κ1) is 40.5. The Kier molecular flexibility index (Phi) is 8.07. The van der Waals surface area contributed by atoms with E-state index < -0.39 is 0 Å². The first-order valence-electron chi connectivity index (χ1n) is 24.1. The average molecular weight is 915 g/mol. The lowest BCUT2D eigenvalue weighted by molar-refractivity contribution is 0.590. The summed E-state index contributed by atoms with van der Waals surface area (Å²) < 4.78 is 15.2. The van der Waals surface area contributed by atoms with Gasteiger partial charge in [-0.1, -0.05) is 153 Å². The molecule has 330 valence electrons. The minimum absolute atomic E-state index is 0.0208. The number of thiophene rings is 2. The lowest BCUT2D eigenvalue weighted by Gasteiger charge is -2.41. The van der Waals surface area contributed by atoms with E-state index in [4.69, 9.17) is 4.42 Å². The van der Waals surface area contributed by atoms with Crippen molar-refractivity contribution in [3.8, 4) is 27.9 Å². The number of para-hydroxylation sites is 1. The number of rotatable bonds is 2. The summed E-state index contributed by atoms with van der Waals surface area (Å²) >= 11 is 3.90. The Morgan fingerprint density at radius 1 is 0.500 bits per heavy atom. The van der Waals surface area contributed by atoms with Crippen LogP contribution < -0.4 is 15.1 Å². The molecule has 6 heteroatoms. The van der Waals surface area contributed by atoms with Crippen molar-refractivity contribution in [3.05, 3.63) is 162 Å². The molecule has 6 heterocycles. The highest BCUT2D eigenvalue weighted by Gasteiger charge is 2.48. The Morgan fingerprint density at radius 3 is 1.93 bits per heavy atom. The molecule has 8 aromatic carbocycles. The third-order valence-corrected chi connectivity index (χ3v) is 17.5. The van der Waals surface area contributed by atoms with Crippen LogP contribution in [0.1, 0.15) is 79.0 Å². The molecule has 2 aliphatic rings. The summed E-state index contributed by atoms with van der Waals surface area (Å²) in [6.45, 7) is 20.7. The van der Waals surface area contributed by atoms with Crippen molar-refractivity contribution in [2.75, 3.05) is 4.81 Å². The third-order valence-electron chi connectivity index (χ3n) is 15.2. The molecular formula is C62H51BN2OS2.